The molecule has 3 heterocycles. The van der Waals surface area contributed by atoms with Gasteiger partial charge in [-0.15, -0.1) is 0 Å². The van der Waals surface area contributed by atoms with Gasteiger partial charge in [0.2, 0.25) is 5.28 Å². The molecule has 0 spiro atoms. The molecule has 110 valence electrons. The molecule has 2 aromatic heterocycles. The summed E-state index contributed by atoms with van der Waals surface area (Å²) in [7, 11) is 1.31. The zero-order chi connectivity index (χ0) is 14.8. The zero-order valence-electron chi connectivity index (χ0n) is 11.4. The zero-order valence-corrected chi connectivity index (χ0v) is 12.1. The van der Waals surface area contributed by atoms with Gasteiger partial charge in [0.25, 0.3) is 0 Å². The number of halogens is 1. The Morgan fingerprint density at radius 3 is 2.76 bits per heavy atom. The first-order valence-electron chi connectivity index (χ1n) is 6.44. The maximum absolute atomic E-state index is 11.6. The summed E-state index contributed by atoms with van der Waals surface area (Å²) >= 11 is 5.97. The van der Waals surface area contributed by atoms with Crippen molar-refractivity contribution < 1.29 is 14.3 Å². The molecule has 1 saturated heterocycles. The number of hydrogen-bond donors (Lipinski definition) is 0. The average molecular weight is 309 g/mol. The first kappa shape index (κ1) is 14.0. The Morgan fingerprint density at radius 1 is 1.29 bits per heavy atom. The van der Waals surface area contributed by atoms with Gasteiger partial charge in [0.15, 0.2) is 5.82 Å². The standard InChI is InChI=1S/C13H13ClN4O3/c1-20-12(19)9-3-2-8-10(15-9)11(17-13(14)16-8)18-4-6-21-7-5-18/h2-3H,4-7H2,1H3. The number of aromatic nitrogens is 3. The minimum Gasteiger partial charge on any atom is -0.464 e. The van der Waals surface area contributed by atoms with Crippen LogP contribution in [0.5, 0.6) is 0 Å². The summed E-state index contributed by atoms with van der Waals surface area (Å²) < 4.78 is 10.0. The Bertz CT molecular complexity index is 688. The second-order valence-corrected chi connectivity index (χ2v) is 4.81. The number of esters is 1. The number of hydrogen-bond acceptors (Lipinski definition) is 7. The molecule has 7 nitrogen and oxygen atoms in total. The largest absolute Gasteiger partial charge is 0.464 e. The van der Waals surface area contributed by atoms with E-state index in [1.807, 2.05) is 4.90 Å². The molecular formula is C13H13ClN4O3. The van der Waals surface area contributed by atoms with Crippen molar-refractivity contribution in [1.82, 2.24) is 15.0 Å². The molecule has 0 atom stereocenters. The summed E-state index contributed by atoms with van der Waals surface area (Å²) in [6, 6.07) is 3.24. The summed E-state index contributed by atoms with van der Waals surface area (Å²) in [6.45, 7) is 2.60. The molecule has 1 aliphatic heterocycles. The molecule has 3 rings (SSSR count). The third kappa shape index (κ3) is 2.74. The minimum absolute atomic E-state index is 0.150. The van der Waals surface area contributed by atoms with E-state index in [1.165, 1.54) is 7.11 Å². The Balaban J connectivity index is 2.13. The summed E-state index contributed by atoms with van der Waals surface area (Å²) in [5, 5.41) is 0.150. The van der Waals surface area contributed by atoms with Gasteiger partial charge < -0.3 is 14.4 Å². The highest BCUT2D eigenvalue weighted by Crippen LogP contribution is 2.25. The van der Waals surface area contributed by atoms with Gasteiger partial charge in [0.1, 0.15) is 11.2 Å². The topological polar surface area (TPSA) is 77.4 Å². The number of ether oxygens (including phenoxy) is 2. The van der Waals surface area contributed by atoms with Gasteiger partial charge in [-0.05, 0) is 23.7 Å². The van der Waals surface area contributed by atoms with E-state index >= 15 is 0 Å². The van der Waals surface area contributed by atoms with Crippen molar-refractivity contribution in [3.63, 3.8) is 0 Å². The van der Waals surface area contributed by atoms with E-state index in [0.29, 0.717) is 43.2 Å². The molecule has 0 aromatic carbocycles. The third-order valence-corrected chi connectivity index (χ3v) is 3.37. The molecule has 0 bridgehead atoms. The second-order valence-electron chi connectivity index (χ2n) is 4.47. The average Bonchev–Trinajstić information content (AvgIpc) is 2.53. The van der Waals surface area contributed by atoms with E-state index in [9.17, 15) is 4.79 Å². The molecule has 1 fully saturated rings. The highest BCUT2D eigenvalue weighted by atomic mass is 35.5. The summed E-state index contributed by atoms with van der Waals surface area (Å²) in [5.41, 5.74) is 1.33. The fraction of sp³-hybridized carbons (Fsp3) is 0.385. The van der Waals surface area contributed by atoms with Crippen LogP contribution in [0, 0.1) is 0 Å². The lowest BCUT2D eigenvalue weighted by molar-refractivity contribution is 0.0594. The van der Waals surface area contributed by atoms with Crippen LogP contribution in [0.15, 0.2) is 12.1 Å². The predicted molar refractivity (Wildman–Crippen MR) is 76.7 cm³/mol. The van der Waals surface area contributed by atoms with Gasteiger partial charge in [0, 0.05) is 13.1 Å². The van der Waals surface area contributed by atoms with E-state index in [-0.39, 0.29) is 11.0 Å². The molecule has 0 aliphatic carbocycles. The Morgan fingerprint density at radius 2 is 2.05 bits per heavy atom. The highest BCUT2D eigenvalue weighted by Gasteiger charge is 2.19. The number of rotatable bonds is 2. The van der Waals surface area contributed by atoms with Crippen molar-refractivity contribution >= 4 is 34.4 Å². The van der Waals surface area contributed by atoms with Crippen LogP contribution < -0.4 is 4.90 Å². The smallest absolute Gasteiger partial charge is 0.356 e. The van der Waals surface area contributed by atoms with Crippen molar-refractivity contribution in [1.29, 1.82) is 0 Å². The van der Waals surface area contributed by atoms with Crippen molar-refractivity contribution in [3.8, 4) is 0 Å². The monoisotopic (exact) mass is 308 g/mol. The van der Waals surface area contributed by atoms with Crippen LogP contribution >= 0.6 is 11.6 Å². The summed E-state index contributed by atoms with van der Waals surface area (Å²) in [4.78, 5) is 26.4. The highest BCUT2D eigenvalue weighted by molar-refractivity contribution is 6.28. The summed E-state index contributed by atoms with van der Waals surface area (Å²) in [6.07, 6.45) is 0. The maximum atomic E-state index is 11.6. The molecule has 21 heavy (non-hydrogen) atoms. The number of methoxy groups -OCH3 is 1. The molecule has 0 amide bonds. The molecular weight excluding hydrogens is 296 g/mol. The van der Waals surface area contributed by atoms with E-state index in [2.05, 4.69) is 15.0 Å². The van der Waals surface area contributed by atoms with Crippen molar-refractivity contribution in [3.05, 3.63) is 23.1 Å². The predicted octanol–water partition coefficient (Wildman–Crippen LogP) is 1.30. The van der Waals surface area contributed by atoms with Crippen LogP contribution in [-0.2, 0) is 9.47 Å². The van der Waals surface area contributed by atoms with Crippen molar-refractivity contribution in [2.75, 3.05) is 38.3 Å². The normalized spacial score (nSPS) is 15.2. The van der Waals surface area contributed by atoms with Crippen LogP contribution in [0.1, 0.15) is 10.5 Å². The number of fused-ring (bicyclic) bond motifs is 1. The lowest BCUT2D eigenvalue weighted by atomic mass is 10.2. The van der Waals surface area contributed by atoms with Gasteiger partial charge in [0.05, 0.1) is 25.8 Å². The first-order chi connectivity index (χ1) is 10.2. The van der Waals surface area contributed by atoms with Gasteiger partial charge >= 0.3 is 5.97 Å². The molecule has 0 radical (unpaired) electrons. The number of morpholine rings is 1. The summed E-state index contributed by atoms with van der Waals surface area (Å²) in [5.74, 6) is 0.110. The number of nitrogens with zero attached hydrogens (tertiary/aromatic N) is 4. The second kappa shape index (κ2) is 5.79. The minimum atomic E-state index is -0.500. The maximum Gasteiger partial charge on any atom is 0.356 e. The van der Waals surface area contributed by atoms with E-state index < -0.39 is 5.97 Å². The Labute approximate surface area is 125 Å². The fourth-order valence-electron chi connectivity index (χ4n) is 2.19. The van der Waals surface area contributed by atoms with E-state index in [0.717, 1.165) is 0 Å². The lowest BCUT2D eigenvalue weighted by Gasteiger charge is -2.28. The quantitative estimate of drug-likeness (QED) is 0.611. The Hall–Kier alpha value is -1.99. The molecule has 0 unspecified atom stereocenters. The third-order valence-electron chi connectivity index (χ3n) is 3.20. The van der Waals surface area contributed by atoms with Crippen LogP contribution in [0.4, 0.5) is 5.82 Å². The fourth-order valence-corrected chi connectivity index (χ4v) is 2.36. The molecule has 8 heteroatoms. The van der Waals surface area contributed by atoms with Gasteiger partial charge in [-0.25, -0.2) is 14.8 Å². The SMILES string of the molecule is COC(=O)c1ccc2nc(Cl)nc(N3CCOCC3)c2n1. The van der Waals surface area contributed by atoms with E-state index in [4.69, 9.17) is 21.1 Å². The molecule has 0 N–H and O–H groups in total. The number of carbonyl (C=O) groups excluding carboxylic acids is 1. The van der Waals surface area contributed by atoms with E-state index in [1.54, 1.807) is 12.1 Å². The Kier molecular flexibility index (Phi) is 3.85. The van der Waals surface area contributed by atoms with Crippen LogP contribution in [0.25, 0.3) is 11.0 Å². The number of pyridine rings is 1. The molecule has 2 aromatic rings. The first-order valence-corrected chi connectivity index (χ1v) is 6.82. The number of carbonyl (C=O) groups is 1. The van der Waals surface area contributed by atoms with Gasteiger partial charge in [-0.1, -0.05) is 0 Å². The van der Waals surface area contributed by atoms with Crippen LogP contribution in [0.2, 0.25) is 5.28 Å². The van der Waals surface area contributed by atoms with Gasteiger partial charge in [-0.3, -0.25) is 0 Å². The van der Waals surface area contributed by atoms with Crippen LogP contribution in [0.3, 0.4) is 0 Å². The van der Waals surface area contributed by atoms with Crippen LogP contribution in [-0.4, -0.2) is 54.3 Å². The molecule has 1 aliphatic rings. The number of anilines is 1. The van der Waals surface area contributed by atoms with Crippen molar-refractivity contribution in [2.24, 2.45) is 0 Å². The molecule has 0 saturated carbocycles. The lowest BCUT2D eigenvalue weighted by Crippen LogP contribution is -2.37. The van der Waals surface area contributed by atoms with Crippen molar-refractivity contribution in [2.45, 2.75) is 0 Å². The van der Waals surface area contributed by atoms with Gasteiger partial charge in [-0.2, -0.15) is 4.98 Å².